The highest BCUT2D eigenvalue weighted by atomic mass is 14.6. The van der Waals surface area contributed by atoms with Crippen molar-refractivity contribution in [2.45, 2.75) is 31.6 Å². The van der Waals surface area contributed by atoms with Crippen molar-refractivity contribution in [3.8, 4) is 0 Å². The molecule has 0 spiro atoms. The van der Waals surface area contributed by atoms with Gasteiger partial charge in [-0.05, 0) is 53.5 Å². The van der Waals surface area contributed by atoms with Crippen LogP contribution in [0.4, 0.5) is 0 Å². The first kappa shape index (κ1) is 12.4. The summed E-state index contributed by atoms with van der Waals surface area (Å²) in [6.07, 6.45) is 2.18. The van der Waals surface area contributed by atoms with E-state index in [1.807, 2.05) is 0 Å². The molecule has 1 aliphatic carbocycles. The van der Waals surface area contributed by atoms with Crippen LogP contribution in [0.15, 0.2) is 48.5 Å². The van der Waals surface area contributed by atoms with Crippen molar-refractivity contribution in [2.75, 3.05) is 6.54 Å². The maximum atomic E-state index is 6.02. The molecule has 0 fully saturated rings. The maximum Gasteiger partial charge on any atom is -0.000791 e. The van der Waals surface area contributed by atoms with E-state index in [1.54, 1.807) is 0 Å². The molecule has 0 aliphatic heterocycles. The van der Waals surface area contributed by atoms with E-state index in [9.17, 15) is 0 Å². The Bertz CT molecular complexity index is 573. The average molecular weight is 251 g/mol. The van der Waals surface area contributed by atoms with E-state index in [0.29, 0.717) is 11.8 Å². The van der Waals surface area contributed by atoms with Crippen LogP contribution in [-0.4, -0.2) is 6.54 Å². The molecule has 0 saturated carbocycles. The van der Waals surface area contributed by atoms with Gasteiger partial charge in [0.2, 0.25) is 0 Å². The summed E-state index contributed by atoms with van der Waals surface area (Å²) in [6, 6.07) is 17.6. The van der Waals surface area contributed by atoms with E-state index in [-0.39, 0.29) is 0 Å². The zero-order valence-electron chi connectivity index (χ0n) is 11.5. The lowest BCUT2D eigenvalue weighted by atomic mass is 9.78. The van der Waals surface area contributed by atoms with E-state index in [4.69, 9.17) is 5.73 Å². The van der Waals surface area contributed by atoms with E-state index < -0.39 is 0 Å². The first-order valence-electron chi connectivity index (χ1n) is 7.15. The van der Waals surface area contributed by atoms with E-state index in [1.165, 1.54) is 22.3 Å². The molecule has 0 aromatic heterocycles. The van der Waals surface area contributed by atoms with Crippen molar-refractivity contribution >= 4 is 0 Å². The standard InChI is InChI=1S/C18H21N/c1-13-10-16(12-19)18-9-5-3-7-15(18)11-14-6-2-4-8-17(13)14/h2-9,13,16H,10-12,19H2,1H3/t13-,16+/m0/s1. The Morgan fingerprint density at radius 2 is 1.53 bits per heavy atom. The highest BCUT2D eigenvalue weighted by molar-refractivity contribution is 5.41. The van der Waals surface area contributed by atoms with Crippen LogP contribution in [0.5, 0.6) is 0 Å². The molecule has 0 radical (unpaired) electrons. The third-order valence-corrected chi connectivity index (χ3v) is 4.38. The highest BCUT2D eigenvalue weighted by Crippen LogP contribution is 2.36. The van der Waals surface area contributed by atoms with Gasteiger partial charge in [0.1, 0.15) is 0 Å². The monoisotopic (exact) mass is 251 g/mol. The third-order valence-electron chi connectivity index (χ3n) is 4.38. The molecule has 19 heavy (non-hydrogen) atoms. The molecule has 1 aliphatic rings. The van der Waals surface area contributed by atoms with E-state index >= 15 is 0 Å². The zero-order chi connectivity index (χ0) is 13.2. The van der Waals surface area contributed by atoms with Gasteiger partial charge in [0, 0.05) is 0 Å². The molecular formula is C18H21N. The van der Waals surface area contributed by atoms with Crippen LogP contribution >= 0.6 is 0 Å². The molecule has 98 valence electrons. The summed E-state index contributed by atoms with van der Waals surface area (Å²) in [4.78, 5) is 0. The van der Waals surface area contributed by atoms with Gasteiger partial charge in [-0.3, -0.25) is 0 Å². The second kappa shape index (κ2) is 5.18. The minimum absolute atomic E-state index is 0.486. The molecule has 1 heteroatoms. The van der Waals surface area contributed by atoms with Crippen LogP contribution in [0.25, 0.3) is 0 Å². The number of hydrogen-bond donors (Lipinski definition) is 1. The summed E-state index contributed by atoms with van der Waals surface area (Å²) in [6.45, 7) is 3.07. The summed E-state index contributed by atoms with van der Waals surface area (Å²) in [5.74, 6) is 1.07. The molecule has 0 saturated heterocycles. The van der Waals surface area contributed by atoms with Gasteiger partial charge >= 0.3 is 0 Å². The second-order valence-corrected chi connectivity index (χ2v) is 5.64. The van der Waals surface area contributed by atoms with E-state index in [2.05, 4.69) is 55.5 Å². The van der Waals surface area contributed by atoms with Crippen molar-refractivity contribution in [1.29, 1.82) is 0 Å². The molecule has 0 heterocycles. The van der Waals surface area contributed by atoms with Gasteiger partial charge in [0.15, 0.2) is 0 Å². The van der Waals surface area contributed by atoms with Crippen molar-refractivity contribution in [3.63, 3.8) is 0 Å². The topological polar surface area (TPSA) is 26.0 Å². The Labute approximate surface area is 115 Å². The van der Waals surface area contributed by atoms with Crippen LogP contribution in [0, 0.1) is 0 Å². The fraction of sp³-hybridized carbons (Fsp3) is 0.333. The third kappa shape index (κ3) is 2.31. The molecule has 0 bridgehead atoms. The molecule has 3 rings (SSSR count). The van der Waals surface area contributed by atoms with Crippen molar-refractivity contribution in [3.05, 3.63) is 70.8 Å². The van der Waals surface area contributed by atoms with Gasteiger partial charge in [-0.15, -0.1) is 0 Å². The summed E-state index contributed by atoms with van der Waals surface area (Å²) in [7, 11) is 0. The smallest absolute Gasteiger partial charge is 0.000791 e. The van der Waals surface area contributed by atoms with Crippen LogP contribution < -0.4 is 5.73 Å². The van der Waals surface area contributed by atoms with Crippen LogP contribution in [0.2, 0.25) is 0 Å². The molecule has 2 aromatic rings. The van der Waals surface area contributed by atoms with Gasteiger partial charge in [-0.1, -0.05) is 55.5 Å². The minimum atomic E-state index is 0.486. The average Bonchev–Trinajstić information content (AvgIpc) is 2.44. The molecular weight excluding hydrogens is 230 g/mol. The van der Waals surface area contributed by atoms with Gasteiger partial charge < -0.3 is 5.73 Å². The fourth-order valence-electron chi connectivity index (χ4n) is 3.38. The zero-order valence-corrected chi connectivity index (χ0v) is 11.5. The SMILES string of the molecule is C[C@H]1C[C@H](CN)c2ccccc2Cc2ccccc21. The van der Waals surface area contributed by atoms with Gasteiger partial charge in [0.05, 0.1) is 0 Å². The number of hydrogen-bond acceptors (Lipinski definition) is 1. The lowest BCUT2D eigenvalue weighted by Crippen LogP contribution is -2.19. The van der Waals surface area contributed by atoms with Crippen LogP contribution in [-0.2, 0) is 6.42 Å². The van der Waals surface area contributed by atoms with E-state index in [0.717, 1.165) is 19.4 Å². The van der Waals surface area contributed by atoms with Crippen molar-refractivity contribution in [1.82, 2.24) is 0 Å². The molecule has 2 aromatic carbocycles. The summed E-state index contributed by atoms with van der Waals surface area (Å²) >= 11 is 0. The van der Waals surface area contributed by atoms with Crippen LogP contribution in [0.3, 0.4) is 0 Å². The van der Waals surface area contributed by atoms with Crippen molar-refractivity contribution in [2.24, 2.45) is 5.73 Å². The quantitative estimate of drug-likeness (QED) is 0.819. The first-order valence-corrected chi connectivity index (χ1v) is 7.15. The largest absolute Gasteiger partial charge is 0.330 e. The van der Waals surface area contributed by atoms with Gasteiger partial charge in [-0.25, -0.2) is 0 Å². The fourth-order valence-corrected chi connectivity index (χ4v) is 3.38. The Hall–Kier alpha value is -1.60. The lowest BCUT2D eigenvalue weighted by molar-refractivity contribution is 0.553. The molecule has 0 amide bonds. The van der Waals surface area contributed by atoms with Gasteiger partial charge in [-0.2, -0.15) is 0 Å². The first-order chi connectivity index (χ1) is 9.29. The predicted molar refractivity (Wildman–Crippen MR) is 80.5 cm³/mol. The van der Waals surface area contributed by atoms with Gasteiger partial charge in [0.25, 0.3) is 0 Å². The lowest BCUT2D eigenvalue weighted by Gasteiger charge is -2.27. The number of benzene rings is 2. The number of nitrogens with two attached hydrogens (primary N) is 1. The Morgan fingerprint density at radius 1 is 0.947 bits per heavy atom. The Balaban J connectivity index is 2.12. The maximum absolute atomic E-state index is 6.02. The molecule has 0 unspecified atom stereocenters. The van der Waals surface area contributed by atoms with Crippen molar-refractivity contribution < 1.29 is 0 Å². The summed E-state index contributed by atoms with van der Waals surface area (Å²) in [5, 5.41) is 0. The minimum Gasteiger partial charge on any atom is -0.330 e. The van der Waals surface area contributed by atoms with Crippen LogP contribution in [0.1, 0.15) is 47.4 Å². The highest BCUT2D eigenvalue weighted by Gasteiger charge is 2.22. The molecule has 2 N–H and O–H groups in total. The summed E-state index contributed by atoms with van der Waals surface area (Å²) in [5.41, 5.74) is 11.9. The molecule has 2 atom stereocenters. The Kier molecular flexibility index (Phi) is 3.39. The normalized spacial score (nSPS) is 22.0. The Morgan fingerprint density at radius 3 is 2.21 bits per heavy atom. The summed E-state index contributed by atoms with van der Waals surface area (Å²) < 4.78 is 0. The molecule has 1 nitrogen and oxygen atoms in total. The number of fused-ring (bicyclic) bond motifs is 2. The second-order valence-electron chi connectivity index (χ2n) is 5.64. The predicted octanol–water partition coefficient (Wildman–Crippen LogP) is 3.83. The number of rotatable bonds is 1.